The second-order valence-electron chi connectivity index (χ2n) is 3.57. The number of hydrogen-bond acceptors (Lipinski definition) is 6. The Hall–Kier alpha value is -2.42. The second kappa shape index (κ2) is 6.50. The van der Waals surface area contributed by atoms with Gasteiger partial charge in [-0.15, -0.1) is 0 Å². The van der Waals surface area contributed by atoms with Gasteiger partial charge < -0.3 is 18.9 Å². The molecule has 1 unspecified atom stereocenters. The molecule has 6 heteroatoms. The molecule has 0 aliphatic heterocycles. The van der Waals surface area contributed by atoms with E-state index in [0.29, 0.717) is 22.8 Å². The fraction of sp³-hybridized carbons (Fsp3) is 0.385. The number of benzene rings is 1. The first-order valence-electron chi connectivity index (χ1n) is 5.44. The summed E-state index contributed by atoms with van der Waals surface area (Å²) in [6.45, 7) is 1.23. The van der Waals surface area contributed by atoms with Crippen LogP contribution in [0.15, 0.2) is 12.1 Å². The summed E-state index contributed by atoms with van der Waals surface area (Å²) in [5.74, 6) is 0.710. The maximum absolute atomic E-state index is 11.0. The molecule has 1 atom stereocenters. The van der Waals surface area contributed by atoms with Gasteiger partial charge in [0, 0.05) is 13.0 Å². The first kappa shape index (κ1) is 14.6. The number of hydrogen-bond donors (Lipinski definition) is 0. The first-order chi connectivity index (χ1) is 9.07. The second-order valence-corrected chi connectivity index (χ2v) is 3.57. The van der Waals surface area contributed by atoms with Crippen molar-refractivity contribution in [3.63, 3.8) is 0 Å². The van der Waals surface area contributed by atoms with Crippen molar-refractivity contribution in [1.29, 1.82) is 5.26 Å². The Bertz CT molecular complexity index is 506. The minimum atomic E-state index is -1.06. The van der Waals surface area contributed by atoms with Crippen LogP contribution < -0.4 is 14.2 Å². The van der Waals surface area contributed by atoms with Gasteiger partial charge in [-0.2, -0.15) is 5.26 Å². The molecule has 0 aromatic heterocycles. The molecule has 0 saturated carbocycles. The van der Waals surface area contributed by atoms with Crippen LogP contribution >= 0.6 is 0 Å². The van der Waals surface area contributed by atoms with E-state index in [1.165, 1.54) is 28.3 Å². The smallest absolute Gasteiger partial charge is 0.304 e. The molecule has 0 amide bonds. The number of rotatable bonds is 5. The molecule has 1 aromatic carbocycles. The van der Waals surface area contributed by atoms with Crippen LogP contribution in [0.3, 0.4) is 0 Å². The van der Waals surface area contributed by atoms with E-state index in [1.54, 1.807) is 12.1 Å². The molecule has 0 radical (unpaired) electrons. The standard InChI is InChI=1S/C13H15NO5/c1-8(15)19-13(7-14)9-5-11(17-3)12(18-4)6-10(9)16-2/h5-6,13H,1-4H3. The molecule has 0 N–H and O–H groups in total. The Labute approximate surface area is 111 Å². The molecule has 19 heavy (non-hydrogen) atoms. The summed E-state index contributed by atoms with van der Waals surface area (Å²) in [5.41, 5.74) is 0.401. The molecular formula is C13H15NO5. The fourth-order valence-corrected chi connectivity index (χ4v) is 1.58. The van der Waals surface area contributed by atoms with Gasteiger partial charge in [0.05, 0.1) is 26.9 Å². The van der Waals surface area contributed by atoms with Crippen molar-refractivity contribution in [2.45, 2.75) is 13.0 Å². The summed E-state index contributed by atoms with van der Waals surface area (Å²) in [6.07, 6.45) is -1.06. The maximum atomic E-state index is 11.0. The molecule has 0 spiro atoms. The molecular weight excluding hydrogens is 250 g/mol. The van der Waals surface area contributed by atoms with Crippen molar-refractivity contribution < 1.29 is 23.7 Å². The number of carbonyl (C=O) groups excluding carboxylic acids is 1. The third-order valence-corrected chi connectivity index (χ3v) is 2.42. The zero-order chi connectivity index (χ0) is 14.4. The summed E-state index contributed by atoms with van der Waals surface area (Å²) < 4.78 is 20.4. The molecule has 0 heterocycles. The van der Waals surface area contributed by atoms with Crippen LogP contribution in [0.2, 0.25) is 0 Å². The molecule has 0 bridgehead atoms. The highest BCUT2D eigenvalue weighted by molar-refractivity contribution is 5.67. The lowest BCUT2D eigenvalue weighted by Crippen LogP contribution is -2.08. The van der Waals surface area contributed by atoms with Crippen LogP contribution in [-0.2, 0) is 9.53 Å². The molecule has 1 aromatic rings. The number of carbonyl (C=O) groups is 1. The zero-order valence-corrected chi connectivity index (χ0v) is 11.2. The quantitative estimate of drug-likeness (QED) is 0.756. The van der Waals surface area contributed by atoms with E-state index in [0.717, 1.165) is 0 Å². The van der Waals surface area contributed by atoms with Crippen LogP contribution in [0.1, 0.15) is 18.6 Å². The molecule has 0 saturated heterocycles. The maximum Gasteiger partial charge on any atom is 0.304 e. The van der Waals surface area contributed by atoms with Crippen LogP contribution in [0.4, 0.5) is 0 Å². The first-order valence-corrected chi connectivity index (χ1v) is 5.44. The van der Waals surface area contributed by atoms with Crippen molar-refractivity contribution >= 4 is 5.97 Å². The SMILES string of the molecule is COc1cc(OC)c(C(C#N)OC(C)=O)cc1OC. The summed E-state index contributed by atoms with van der Waals surface area (Å²) >= 11 is 0. The molecule has 1 rings (SSSR count). The minimum absolute atomic E-state index is 0.380. The lowest BCUT2D eigenvalue weighted by molar-refractivity contribution is -0.144. The topological polar surface area (TPSA) is 77.8 Å². The van der Waals surface area contributed by atoms with Crippen molar-refractivity contribution in [1.82, 2.24) is 0 Å². The van der Waals surface area contributed by atoms with E-state index in [1.807, 2.05) is 6.07 Å². The lowest BCUT2D eigenvalue weighted by Gasteiger charge is -2.16. The van der Waals surface area contributed by atoms with Gasteiger partial charge in [0.2, 0.25) is 6.10 Å². The van der Waals surface area contributed by atoms with E-state index in [4.69, 9.17) is 24.2 Å². The van der Waals surface area contributed by atoms with Crippen LogP contribution in [-0.4, -0.2) is 27.3 Å². The highest BCUT2D eigenvalue weighted by Gasteiger charge is 2.22. The average Bonchev–Trinajstić information content (AvgIpc) is 2.42. The average molecular weight is 265 g/mol. The highest BCUT2D eigenvalue weighted by Crippen LogP contribution is 2.38. The number of nitrogens with zero attached hydrogens (tertiary/aromatic N) is 1. The summed E-state index contributed by atoms with van der Waals surface area (Å²) in [5, 5.41) is 9.08. The summed E-state index contributed by atoms with van der Waals surface area (Å²) in [6, 6.07) is 5.02. The number of nitriles is 1. The van der Waals surface area contributed by atoms with Crippen LogP contribution in [0, 0.1) is 11.3 Å². The Morgan fingerprint density at radius 3 is 2.05 bits per heavy atom. The normalized spacial score (nSPS) is 11.1. The molecule has 6 nitrogen and oxygen atoms in total. The summed E-state index contributed by atoms with van der Waals surface area (Å²) in [7, 11) is 4.42. The van der Waals surface area contributed by atoms with Gasteiger partial charge in [-0.05, 0) is 6.07 Å². The number of methoxy groups -OCH3 is 3. The monoisotopic (exact) mass is 265 g/mol. The van der Waals surface area contributed by atoms with Gasteiger partial charge in [0.15, 0.2) is 11.5 Å². The van der Waals surface area contributed by atoms with E-state index in [-0.39, 0.29) is 0 Å². The number of esters is 1. The Balaban J connectivity index is 3.31. The van der Waals surface area contributed by atoms with Crippen LogP contribution in [0.5, 0.6) is 17.2 Å². The molecule has 0 aliphatic carbocycles. The van der Waals surface area contributed by atoms with Gasteiger partial charge in [-0.1, -0.05) is 0 Å². The summed E-state index contributed by atoms with van der Waals surface area (Å²) in [4.78, 5) is 11.0. The highest BCUT2D eigenvalue weighted by atomic mass is 16.5. The zero-order valence-electron chi connectivity index (χ0n) is 11.2. The van der Waals surface area contributed by atoms with E-state index < -0.39 is 12.1 Å². The Morgan fingerprint density at radius 1 is 1.11 bits per heavy atom. The van der Waals surface area contributed by atoms with E-state index in [2.05, 4.69) is 0 Å². The predicted molar refractivity (Wildman–Crippen MR) is 66.2 cm³/mol. The van der Waals surface area contributed by atoms with Gasteiger partial charge in [-0.25, -0.2) is 0 Å². The van der Waals surface area contributed by atoms with Gasteiger partial charge in [-0.3, -0.25) is 4.79 Å². The Kier molecular flexibility index (Phi) is 5.01. The van der Waals surface area contributed by atoms with E-state index >= 15 is 0 Å². The number of ether oxygens (including phenoxy) is 4. The van der Waals surface area contributed by atoms with E-state index in [9.17, 15) is 4.79 Å². The van der Waals surface area contributed by atoms with Gasteiger partial charge in [0.1, 0.15) is 11.8 Å². The molecule has 0 aliphatic rings. The van der Waals surface area contributed by atoms with Crippen molar-refractivity contribution in [2.24, 2.45) is 0 Å². The lowest BCUT2D eigenvalue weighted by atomic mass is 10.1. The van der Waals surface area contributed by atoms with Crippen LogP contribution in [0.25, 0.3) is 0 Å². The molecule has 102 valence electrons. The third kappa shape index (κ3) is 3.28. The van der Waals surface area contributed by atoms with Gasteiger partial charge in [0.25, 0.3) is 0 Å². The van der Waals surface area contributed by atoms with Crippen molar-refractivity contribution in [3.05, 3.63) is 17.7 Å². The largest absolute Gasteiger partial charge is 0.496 e. The predicted octanol–water partition coefficient (Wildman–Crippen LogP) is 1.84. The van der Waals surface area contributed by atoms with Gasteiger partial charge >= 0.3 is 5.97 Å². The molecule has 0 fully saturated rings. The fourth-order valence-electron chi connectivity index (χ4n) is 1.58. The minimum Gasteiger partial charge on any atom is -0.496 e. The van der Waals surface area contributed by atoms with Crippen molar-refractivity contribution in [2.75, 3.05) is 21.3 Å². The van der Waals surface area contributed by atoms with Crippen molar-refractivity contribution in [3.8, 4) is 23.3 Å². The Morgan fingerprint density at radius 2 is 1.63 bits per heavy atom. The third-order valence-electron chi connectivity index (χ3n) is 2.42.